The summed E-state index contributed by atoms with van der Waals surface area (Å²) < 4.78 is 0. The van der Waals surface area contributed by atoms with Crippen LogP contribution in [0.15, 0.2) is 4.99 Å². The number of aliphatic carboxylic acids is 2. The van der Waals surface area contributed by atoms with E-state index in [1.807, 2.05) is 0 Å². The van der Waals surface area contributed by atoms with Crippen molar-refractivity contribution in [3.05, 3.63) is 0 Å². The molecule has 14 amide bonds. The molecule has 0 rings (SSSR count). The Morgan fingerprint density at radius 3 is 1.19 bits per heavy atom. The van der Waals surface area contributed by atoms with Gasteiger partial charge in [-0.25, -0.2) is 4.79 Å². The molecule has 0 aliphatic rings. The van der Waals surface area contributed by atoms with Crippen molar-refractivity contribution in [2.45, 2.75) is 237 Å². The largest absolute Gasteiger partial charge is 0.481 e. The number of amides is 14. The van der Waals surface area contributed by atoms with E-state index in [4.69, 9.17) is 45.9 Å². The van der Waals surface area contributed by atoms with Gasteiger partial charge in [0.2, 0.25) is 82.7 Å². The topological polar surface area (TPSA) is 666 Å². The van der Waals surface area contributed by atoms with Crippen LogP contribution < -0.4 is 104 Å². The molecule has 38 nitrogen and oxygen atoms in total. The van der Waals surface area contributed by atoms with Crippen molar-refractivity contribution in [3.63, 3.8) is 0 Å². The van der Waals surface area contributed by atoms with Crippen LogP contribution in [0.4, 0.5) is 0 Å². The molecule has 0 bridgehead atoms. The van der Waals surface area contributed by atoms with Crippen LogP contribution in [0.3, 0.4) is 0 Å². The summed E-state index contributed by atoms with van der Waals surface area (Å²) in [7, 11) is 0. The average molecular weight is 1430 g/mol. The molecule has 568 valence electrons. The molecule has 0 aliphatic carbocycles. The quantitative estimate of drug-likeness (QED) is 0.0153. The van der Waals surface area contributed by atoms with E-state index in [0.29, 0.717) is 25.7 Å². The molecule has 0 heterocycles. The number of carbonyl (C=O) groups is 16. The highest BCUT2D eigenvalue weighted by molar-refractivity contribution is 6.00. The molecule has 0 unspecified atom stereocenters. The van der Waals surface area contributed by atoms with Crippen molar-refractivity contribution in [1.82, 2.24) is 58.5 Å². The van der Waals surface area contributed by atoms with Crippen LogP contribution in [0.25, 0.3) is 0 Å². The van der Waals surface area contributed by atoms with E-state index in [2.05, 4.69) is 63.5 Å². The molecule has 13 atom stereocenters. The van der Waals surface area contributed by atoms with Crippen molar-refractivity contribution >= 4 is 101 Å². The third kappa shape index (κ3) is 37.6. The summed E-state index contributed by atoms with van der Waals surface area (Å²) in [5.74, 6) is -18.6. The minimum Gasteiger partial charge on any atom is -0.481 e. The Balaban J connectivity index is 7.01. The van der Waals surface area contributed by atoms with E-state index in [0.717, 1.165) is 0 Å². The van der Waals surface area contributed by atoms with Gasteiger partial charge in [-0.05, 0) is 114 Å². The van der Waals surface area contributed by atoms with E-state index in [1.54, 1.807) is 55.4 Å². The van der Waals surface area contributed by atoms with Gasteiger partial charge in [0.15, 0.2) is 5.96 Å². The summed E-state index contributed by atoms with van der Waals surface area (Å²) in [6, 6.07) is -16.5. The summed E-state index contributed by atoms with van der Waals surface area (Å²) in [4.78, 5) is 217. The number of carbonyl (C=O) groups excluding carboxylic acids is 14. The first-order chi connectivity index (χ1) is 46.8. The van der Waals surface area contributed by atoms with Gasteiger partial charge in [-0.1, -0.05) is 68.2 Å². The molecular weight excluding hydrogens is 1310 g/mol. The van der Waals surface area contributed by atoms with Crippen molar-refractivity contribution in [3.8, 4) is 0 Å². The van der Waals surface area contributed by atoms with Crippen LogP contribution in [-0.4, -0.2) is 203 Å². The van der Waals surface area contributed by atoms with Gasteiger partial charge in [0.25, 0.3) is 0 Å². The van der Waals surface area contributed by atoms with Gasteiger partial charge in [0.1, 0.15) is 60.4 Å². The van der Waals surface area contributed by atoms with Gasteiger partial charge >= 0.3 is 11.9 Å². The molecule has 0 aromatic carbocycles. The summed E-state index contributed by atoms with van der Waals surface area (Å²) in [5, 5.41) is 46.4. The van der Waals surface area contributed by atoms with Crippen LogP contribution in [0.5, 0.6) is 0 Å². The SMILES string of the molecule is CC[C@H](C)[C@H](NC(=O)[C@H](CC(C)C)NC(=O)[C@H](CCCN=C(N)N)NC(=O)[C@H](CC(N)=O)NC(=O)[C@H](CC(C)C)NC(=O)[C@H](CCCCN)NC(=O)CNC(=O)[C@H](CC(N)=O)NC(=O)[C@@H](NC(=O)[C@@H](N)CCC(N)=O)[C@@H](C)CC)C(=O)N[C@@H](CCC(=O)O)C(=O)N[C@@H](CCCCN)C(=O)O. The average Bonchev–Trinajstić information content (AvgIpc) is 0.858. The van der Waals surface area contributed by atoms with Crippen molar-refractivity contribution in [2.75, 3.05) is 26.2 Å². The lowest BCUT2D eigenvalue weighted by atomic mass is 9.96. The molecule has 0 aromatic rings. The summed E-state index contributed by atoms with van der Waals surface area (Å²) in [5.41, 5.74) is 44.4. The van der Waals surface area contributed by atoms with Crippen LogP contribution in [-0.2, 0) is 76.7 Å². The number of hydrogen-bond acceptors (Lipinski definition) is 20. The monoisotopic (exact) mass is 1420 g/mol. The second-order valence-electron chi connectivity index (χ2n) is 25.5. The Morgan fingerprint density at radius 2 is 0.760 bits per heavy atom. The normalized spacial score (nSPS) is 15.0. The Labute approximate surface area is 582 Å². The summed E-state index contributed by atoms with van der Waals surface area (Å²) in [6.07, 6.45) is -1.66. The fourth-order valence-corrected chi connectivity index (χ4v) is 9.81. The third-order valence-corrected chi connectivity index (χ3v) is 15.8. The van der Waals surface area contributed by atoms with E-state index >= 15 is 0 Å². The molecule has 38 heteroatoms. The molecule has 29 N–H and O–H groups in total. The highest BCUT2D eigenvalue weighted by Crippen LogP contribution is 2.16. The maximum absolute atomic E-state index is 14.5. The van der Waals surface area contributed by atoms with Crippen molar-refractivity contribution < 1.29 is 86.9 Å². The zero-order chi connectivity index (χ0) is 76.5. The van der Waals surface area contributed by atoms with E-state index in [-0.39, 0.29) is 102 Å². The van der Waals surface area contributed by atoms with Gasteiger partial charge in [-0.15, -0.1) is 0 Å². The molecule has 0 aliphatic heterocycles. The van der Waals surface area contributed by atoms with Gasteiger partial charge in [0, 0.05) is 19.4 Å². The number of nitrogens with two attached hydrogens (primary N) is 8. The number of carboxylic acid groups (broad SMARTS) is 2. The molecular formula is C62H112N20O18. The summed E-state index contributed by atoms with van der Waals surface area (Å²) in [6.45, 7) is 12.9. The fraction of sp³-hybridized carbons (Fsp3) is 0.726. The predicted molar refractivity (Wildman–Crippen MR) is 364 cm³/mol. The first-order valence-electron chi connectivity index (χ1n) is 33.6. The fourth-order valence-electron chi connectivity index (χ4n) is 9.81. The van der Waals surface area contributed by atoms with Crippen molar-refractivity contribution in [2.24, 2.45) is 74.5 Å². The molecule has 0 spiro atoms. The third-order valence-electron chi connectivity index (χ3n) is 15.8. The Hall–Kier alpha value is -9.33. The maximum Gasteiger partial charge on any atom is 0.326 e. The van der Waals surface area contributed by atoms with Crippen LogP contribution in [0.1, 0.15) is 171 Å². The molecule has 0 fully saturated rings. The lowest BCUT2D eigenvalue weighted by molar-refractivity contribution is -0.143. The number of guanidine groups is 1. The minimum atomic E-state index is -1.84. The number of nitrogens with one attached hydrogen (secondary N) is 11. The number of aliphatic imine (C=N–C) groups is 1. The molecule has 100 heavy (non-hydrogen) atoms. The first-order valence-corrected chi connectivity index (χ1v) is 33.6. The summed E-state index contributed by atoms with van der Waals surface area (Å²) >= 11 is 0. The number of primary amides is 3. The molecule has 0 saturated heterocycles. The molecule has 0 saturated carbocycles. The van der Waals surface area contributed by atoms with E-state index < -0.39 is 205 Å². The van der Waals surface area contributed by atoms with Gasteiger partial charge in [-0.3, -0.25) is 76.9 Å². The number of rotatable bonds is 53. The number of hydrogen-bond donors (Lipinski definition) is 21. The number of carboxylic acids is 2. The van der Waals surface area contributed by atoms with Crippen LogP contribution in [0.2, 0.25) is 0 Å². The minimum absolute atomic E-state index is 0.00441. The maximum atomic E-state index is 14.5. The second-order valence-corrected chi connectivity index (χ2v) is 25.5. The van der Waals surface area contributed by atoms with Gasteiger partial charge < -0.3 is 115 Å². The highest BCUT2D eigenvalue weighted by atomic mass is 16.4. The Kier molecular flexibility index (Phi) is 43.9. The molecule has 0 radical (unpaired) electrons. The standard InChI is InChI=1S/C62H112N20O18/c1-9-33(7)49(81-51(89)35(65)19-21-44(66)83)60(98)80-42(28-45(67)84)52(90)72-30-47(86)73-36(16-11-13-23-63)53(91)77-40(26-31(3)4)56(94)79-43(29-46(68)85)57(95)74-37(18-15-25-71-62(69)70)54(92)78-41(27-32(5)6)58(96)82-50(34(8)10-2)59(97)75-38(20-22-48(87)88)55(93)76-39(61(99)100)17-12-14-24-64/h31-43,49-50H,9-30,63-65H2,1-8H3,(H2,66,83)(H2,67,84)(H2,68,85)(H,72,90)(H,73,86)(H,74,95)(H,75,97)(H,76,93)(H,77,91)(H,78,92)(H,79,94)(H,80,98)(H,81,89)(H,82,96)(H,87,88)(H,99,100)(H4,69,70,71)/t33-,34-,35-,36-,37-,38-,39-,40-,41-,42-,43-,49-,50-/m0/s1. The van der Waals surface area contributed by atoms with Gasteiger partial charge in [0.05, 0.1) is 25.4 Å². The van der Waals surface area contributed by atoms with Crippen LogP contribution in [0, 0.1) is 23.7 Å². The highest BCUT2D eigenvalue weighted by Gasteiger charge is 2.38. The predicted octanol–water partition coefficient (Wildman–Crippen LogP) is -6.26. The first kappa shape index (κ1) is 90.7. The van der Waals surface area contributed by atoms with E-state index in [1.165, 1.54) is 0 Å². The Morgan fingerprint density at radius 1 is 0.390 bits per heavy atom. The van der Waals surface area contributed by atoms with E-state index in [9.17, 15) is 86.9 Å². The van der Waals surface area contributed by atoms with Crippen LogP contribution >= 0.6 is 0 Å². The second kappa shape index (κ2) is 48.4. The van der Waals surface area contributed by atoms with Gasteiger partial charge in [-0.2, -0.15) is 0 Å². The zero-order valence-electron chi connectivity index (χ0n) is 58.7. The number of nitrogens with zero attached hydrogens (tertiary/aromatic N) is 1. The molecule has 0 aromatic heterocycles. The lowest BCUT2D eigenvalue weighted by Crippen LogP contribution is -2.61. The lowest BCUT2D eigenvalue weighted by Gasteiger charge is -2.30. The Bertz CT molecular complexity index is 2790. The van der Waals surface area contributed by atoms with Crippen molar-refractivity contribution in [1.29, 1.82) is 0 Å². The zero-order valence-corrected chi connectivity index (χ0v) is 58.7. The smallest absolute Gasteiger partial charge is 0.326 e. The number of unbranched alkanes of at least 4 members (excludes halogenated alkanes) is 2.